The number of cyclic esters (lactones) is 1. The Bertz CT molecular complexity index is 1180. The van der Waals surface area contributed by atoms with Crippen LogP contribution in [0.1, 0.15) is 65.1 Å². The number of anilines is 2. The van der Waals surface area contributed by atoms with Gasteiger partial charge >= 0.3 is 12.2 Å². The van der Waals surface area contributed by atoms with Gasteiger partial charge in [-0.05, 0) is 52.2 Å². The lowest BCUT2D eigenvalue weighted by molar-refractivity contribution is 0.00997. The number of ether oxygens (including phenoxy) is 2. The highest BCUT2D eigenvalue weighted by Gasteiger charge is 2.42. The Kier molecular flexibility index (Phi) is 8.29. The molecule has 1 N–H and O–H groups in total. The molecule has 0 aliphatic carbocycles. The molecule has 1 unspecified atom stereocenters. The fourth-order valence-corrected chi connectivity index (χ4v) is 4.90. The van der Waals surface area contributed by atoms with Gasteiger partial charge in [0.1, 0.15) is 18.0 Å². The second kappa shape index (κ2) is 11.3. The highest BCUT2D eigenvalue weighted by Crippen LogP contribution is 2.30. The Morgan fingerprint density at radius 1 is 1.15 bits per heavy atom. The molecule has 11 heteroatoms. The zero-order chi connectivity index (χ0) is 28.4. The number of benzene rings is 1. The molecule has 0 radical (unpaired) electrons. The summed E-state index contributed by atoms with van der Waals surface area (Å²) in [6.07, 6.45) is 0.126. The minimum absolute atomic E-state index is 0.0962. The van der Waals surface area contributed by atoms with Crippen LogP contribution < -0.4 is 10.2 Å². The van der Waals surface area contributed by atoms with E-state index in [1.54, 1.807) is 4.90 Å². The summed E-state index contributed by atoms with van der Waals surface area (Å²) in [5, 5.41) is 3.06. The number of aromatic nitrogens is 2. The van der Waals surface area contributed by atoms with E-state index in [0.29, 0.717) is 19.6 Å². The SMILES string of the molecule is CCC(c1ccc(CNc2nc(F)cc(N3C(=O)OCC3(C)C)n2)cc1)N1CCN(C(=O)OC(C)(C)C)CC1. The predicted octanol–water partition coefficient (Wildman–Crippen LogP) is 4.97. The number of hydrogen-bond acceptors (Lipinski definition) is 8. The number of rotatable bonds is 7. The molecule has 0 spiro atoms. The fraction of sp³-hybridized carbons (Fsp3) is 0.571. The van der Waals surface area contributed by atoms with Crippen molar-refractivity contribution in [2.24, 2.45) is 0 Å². The van der Waals surface area contributed by atoms with Crippen molar-refractivity contribution in [1.82, 2.24) is 19.8 Å². The molecule has 2 fully saturated rings. The van der Waals surface area contributed by atoms with E-state index in [2.05, 4.69) is 39.2 Å². The molecule has 212 valence electrons. The normalized spacial score (nSPS) is 18.6. The second-order valence-electron chi connectivity index (χ2n) is 11.6. The van der Waals surface area contributed by atoms with Gasteiger partial charge in [-0.2, -0.15) is 14.4 Å². The van der Waals surface area contributed by atoms with Crippen LogP contribution >= 0.6 is 0 Å². The summed E-state index contributed by atoms with van der Waals surface area (Å²) in [5.41, 5.74) is 1.05. The van der Waals surface area contributed by atoms with Crippen molar-refractivity contribution in [2.75, 3.05) is 43.0 Å². The van der Waals surface area contributed by atoms with E-state index in [-0.39, 0.29) is 30.5 Å². The number of amides is 2. The van der Waals surface area contributed by atoms with Gasteiger partial charge in [-0.1, -0.05) is 31.2 Å². The Morgan fingerprint density at radius 2 is 1.82 bits per heavy atom. The Morgan fingerprint density at radius 3 is 2.38 bits per heavy atom. The maximum Gasteiger partial charge on any atom is 0.416 e. The van der Waals surface area contributed by atoms with Crippen LogP contribution in [0.4, 0.5) is 25.7 Å². The van der Waals surface area contributed by atoms with Crippen LogP contribution in [0.25, 0.3) is 0 Å². The number of nitrogens with zero attached hydrogens (tertiary/aromatic N) is 5. The molecule has 1 aromatic carbocycles. The minimum atomic E-state index is -0.731. The van der Waals surface area contributed by atoms with Crippen molar-refractivity contribution in [3.63, 3.8) is 0 Å². The summed E-state index contributed by atoms with van der Waals surface area (Å²) in [6.45, 7) is 14.9. The summed E-state index contributed by atoms with van der Waals surface area (Å²) >= 11 is 0. The maximum absolute atomic E-state index is 14.3. The largest absolute Gasteiger partial charge is 0.447 e. The van der Waals surface area contributed by atoms with E-state index in [0.717, 1.165) is 31.1 Å². The molecule has 2 saturated heterocycles. The molecule has 1 aromatic heterocycles. The van der Waals surface area contributed by atoms with E-state index < -0.39 is 23.2 Å². The first kappa shape index (κ1) is 28.5. The first-order chi connectivity index (χ1) is 18.4. The van der Waals surface area contributed by atoms with E-state index in [4.69, 9.17) is 9.47 Å². The zero-order valence-electron chi connectivity index (χ0n) is 23.7. The monoisotopic (exact) mass is 542 g/mol. The van der Waals surface area contributed by atoms with Crippen molar-refractivity contribution in [2.45, 2.75) is 71.7 Å². The summed E-state index contributed by atoms with van der Waals surface area (Å²) in [7, 11) is 0. The van der Waals surface area contributed by atoms with E-state index >= 15 is 0 Å². The molecular formula is C28H39FN6O4. The van der Waals surface area contributed by atoms with Crippen LogP contribution in [0.3, 0.4) is 0 Å². The van der Waals surface area contributed by atoms with Crippen LogP contribution in [0.15, 0.2) is 30.3 Å². The third-order valence-corrected chi connectivity index (χ3v) is 6.86. The van der Waals surface area contributed by atoms with Crippen molar-refractivity contribution in [1.29, 1.82) is 0 Å². The fourth-order valence-electron chi connectivity index (χ4n) is 4.90. The lowest BCUT2D eigenvalue weighted by Crippen LogP contribution is -2.50. The number of piperazine rings is 1. The number of carbonyl (C=O) groups excluding carboxylic acids is 2. The summed E-state index contributed by atoms with van der Waals surface area (Å²) in [5.74, 6) is -0.477. The minimum Gasteiger partial charge on any atom is -0.447 e. The van der Waals surface area contributed by atoms with Crippen LogP contribution in [-0.4, -0.2) is 75.9 Å². The zero-order valence-corrected chi connectivity index (χ0v) is 23.7. The Labute approximate surface area is 229 Å². The van der Waals surface area contributed by atoms with Crippen molar-refractivity contribution in [3.8, 4) is 0 Å². The average Bonchev–Trinajstić information content (AvgIpc) is 3.15. The lowest BCUT2D eigenvalue weighted by atomic mass is 10.0. The molecular weight excluding hydrogens is 503 g/mol. The van der Waals surface area contributed by atoms with Gasteiger partial charge in [0.2, 0.25) is 11.9 Å². The van der Waals surface area contributed by atoms with Crippen LogP contribution in [0.2, 0.25) is 0 Å². The quantitative estimate of drug-likeness (QED) is 0.490. The molecule has 0 saturated carbocycles. The third-order valence-electron chi connectivity index (χ3n) is 6.86. The van der Waals surface area contributed by atoms with Gasteiger partial charge in [-0.15, -0.1) is 0 Å². The Balaban J connectivity index is 1.36. The highest BCUT2D eigenvalue weighted by atomic mass is 19.1. The molecule has 3 heterocycles. The molecule has 39 heavy (non-hydrogen) atoms. The average molecular weight is 543 g/mol. The molecule has 2 aliphatic heterocycles. The summed E-state index contributed by atoms with van der Waals surface area (Å²) in [6, 6.07) is 9.64. The van der Waals surface area contributed by atoms with E-state index in [9.17, 15) is 14.0 Å². The van der Waals surface area contributed by atoms with Gasteiger partial charge in [-0.25, -0.2) is 9.59 Å². The first-order valence-corrected chi connectivity index (χ1v) is 13.4. The van der Waals surface area contributed by atoms with Gasteiger partial charge < -0.3 is 19.7 Å². The second-order valence-corrected chi connectivity index (χ2v) is 11.6. The first-order valence-electron chi connectivity index (χ1n) is 13.4. The topological polar surface area (TPSA) is 100 Å². The molecule has 10 nitrogen and oxygen atoms in total. The van der Waals surface area contributed by atoms with Gasteiger partial charge in [0.05, 0.1) is 5.54 Å². The Hall–Kier alpha value is -3.47. The molecule has 1 atom stereocenters. The summed E-state index contributed by atoms with van der Waals surface area (Å²) in [4.78, 5) is 38.3. The van der Waals surface area contributed by atoms with Crippen LogP contribution in [0, 0.1) is 5.95 Å². The molecule has 2 amide bonds. The number of halogens is 1. The van der Waals surface area contributed by atoms with E-state index in [1.165, 1.54) is 10.5 Å². The van der Waals surface area contributed by atoms with Gasteiger partial charge in [0, 0.05) is 44.8 Å². The molecule has 4 rings (SSSR count). The smallest absolute Gasteiger partial charge is 0.416 e. The number of carbonyl (C=O) groups is 2. The van der Waals surface area contributed by atoms with E-state index in [1.807, 2.05) is 46.8 Å². The molecule has 2 aliphatic rings. The summed E-state index contributed by atoms with van der Waals surface area (Å²) < 4.78 is 24.9. The maximum atomic E-state index is 14.3. The van der Waals surface area contributed by atoms with Crippen molar-refractivity contribution >= 4 is 24.0 Å². The standard InChI is InChI=1S/C28H39FN6O4/c1-7-21(33-12-14-34(15-13-33)25(36)39-27(2,3)4)20-10-8-19(9-11-20)17-30-24-31-22(29)16-23(32-24)35-26(37)38-18-28(35,5)6/h8-11,16,21H,7,12-15,17-18H2,1-6H3,(H,30,31,32). The van der Waals surface area contributed by atoms with Crippen molar-refractivity contribution < 1.29 is 23.5 Å². The third kappa shape index (κ3) is 6.95. The number of hydrogen-bond donors (Lipinski definition) is 1. The van der Waals surface area contributed by atoms with Gasteiger partial charge in [-0.3, -0.25) is 9.80 Å². The van der Waals surface area contributed by atoms with Gasteiger partial charge in [0.25, 0.3) is 0 Å². The lowest BCUT2D eigenvalue weighted by Gasteiger charge is -2.39. The van der Waals surface area contributed by atoms with Gasteiger partial charge in [0.15, 0.2) is 0 Å². The highest BCUT2D eigenvalue weighted by molar-refractivity contribution is 5.90. The van der Waals surface area contributed by atoms with Crippen LogP contribution in [0.5, 0.6) is 0 Å². The number of nitrogens with one attached hydrogen (secondary N) is 1. The van der Waals surface area contributed by atoms with Crippen LogP contribution in [-0.2, 0) is 16.0 Å². The molecule has 2 aromatic rings. The predicted molar refractivity (Wildman–Crippen MR) is 146 cm³/mol. The molecule has 0 bridgehead atoms. The van der Waals surface area contributed by atoms with Crippen molar-refractivity contribution in [3.05, 3.63) is 47.4 Å².